The third kappa shape index (κ3) is 1.95. The van der Waals surface area contributed by atoms with Gasteiger partial charge in [-0.3, -0.25) is 9.97 Å². The van der Waals surface area contributed by atoms with Crippen molar-refractivity contribution in [3.8, 4) is 0 Å². The molecule has 82 valence electrons. The Morgan fingerprint density at radius 3 is 1.75 bits per heavy atom. The average Bonchev–Trinajstić information content (AvgIpc) is 2.29. The minimum absolute atomic E-state index is 0.671. The molecule has 0 aliphatic carbocycles. The Labute approximate surface area is 94.8 Å². The van der Waals surface area contributed by atoms with Gasteiger partial charge in [-0.25, -0.2) is 0 Å². The average molecular weight is 214 g/mol. The summed E-state index contributed by atoms with van der Waals surface area (Å²) in [5.74, 6) is 0. The van der Waals surface area contributed by atoms with Gasteiger partial charge >= 0.3 is 0 Å². The molecule has 2 aromatic heterocycles. The van der Waals surface area contributed by atoms with E-state index in [1.165, 1.54) is 0 Å². The molecular formula is C13H14N2O. The van der Waals surface area contributed by atoms with E-state index >= 15 is 0 Å². The number of aryl methyl sites for hydroxylation is 2. The Bertz CT molecular complexity index is 451. The molecule has 0 aromatic carbocycles. The lowest BCUT2D eigenvalue weighted by Gasteiger charge is -2.13. The normalized spacial score (nSPS) is 10.8. The highest BCUT2D eigenvalue weighted by atomic mass is 16.3. The van der Waals surface area contributed by atoms with Gasteiger partial charge in [-0.1, -0.05) is 12.1 Å². The largest absolute Gasteiger partial charge is 0.380 e. The van der Waals surface area contributed by atoms with Gasteiger partial charge in [0.15, 0.2) is 0 Å². The van der Waals surface area contributed by atoms with Crippen molar-refractivity contribution in [1.82, 2.24) is 9.97 Å². The summed E-state index contributed by atoms with van der Waals surface area (Å²) in [6.07, 6.45) is 2.62. The molecule has 0 atom stereocenters. The highest BCUT2D eigenvalue weighted by Gasteiger charge is 2.16. The lowest BCUT2D eigenvalue weighted by molar-refractivity contribution is 0.208. The fraction of sp³-hybridized carbons (Fsp3) is 0.231. The molecule has 16 heavy (non-hydrogen) atoms. The Kier molecular flexibility index (Phi) is 2.97. The summed E-state index contributed by atoms with van der Waals surface area (Å²) < 4.78 is 0. The molecule has 2 rings (SSSR count). The highest BCUT2D eigenvalue weighted by molar-refractivity contribution is 5.30. The molecule has 0 fully saturated rings. The first-order valence-corrected chi connectivity index (χ1v) is 5.21. The maximum atomic E-state index is 10.2. The van der Waals surface area contributed by atoms with Crippen LogP contribution in [0.4, 0.5) is 0 Å². The summed E-state index contributed by atoms with van der Waals surface area (Å²) >= 11 is 0. The first-order valence-electron chi connectivity index (χ1n) is 5.21. The van der Waals surface area contributed by atoms with E-state index in [0.717, 1.165) is 11.1 Å². The van der Waals surface area contributed by atoms with Gasteiger partial charge < -0.3 is 5.11 Å². The number of rotatable bonds is 2. The van der Waals surface area contributed by atoms with Gasteiger partial charge in [0.2, 0.25) is 0 Å². The SMILES string of the molecule is Cc1cccnc1C(O)c1ncccc1C. The van der Waals surface area contributed by atoms with Crippen LogP contribution in [-0.2, 0) is 0 Å². The lowest BCUT2D eigenvalue weighted by Crippen LogP contribution is -2.08. The molecule has 0 bridgehead atoms. The molecule has 0 unspecified atom stereocenters. The lowest BCUT2D eigenvalue weighted by atomic mass is 10.0. The molecular weight excluding hydrogens is 200 g/mol. The predicted molar refractivity (Wildman–Crippen MR) is 62.0 cm³/mol. The van der Waals surface area contributed by atoms with E-state index in [0.29, 0.717) is 11.4 Å². The Morgan fingerprint density at radius 1 is 0.938 bits per heavy atom. The standard InChI is InChI=1S/C13H14N2O/c1-9-5-3-7-14-11(9)13(16)12-10(2)6-4-8-15-12/h3-8,13,16H,1-2H3. The third-order valence-electron chi connectivity index (χ3n) is 2.62. The van der Waals surface area contributed by atoms with Crippen molar-refractivity contribution in [2.75, 3.05) is 0 Å². The van der Waals surface area contributed by atoms with Gasteiger partial charge in [0.1, 0.15) is 6.10 Å². The molecule has 2 aromatic rings. The van der Waals surface area contributed by atoms with Gasteiger partial charge in [0.05, 0.1) is 11.4 Å². The molecule has 0 aliphatic heterocycles. The molecule has 1 N–H and O–H groups in total. The number of pyridine rings is 2. The van der Waals surface area contributed by atoms with Gasteiger partial charge in [0, 0.05) is 12.4 Å². The van der Waals surface area contributed by atoms with Crippen LogP contribution in [0.3, 0.4) is 0 Å². The van der Waals surface area contributed by atoms with Crippen molar-refractivity contribution in [3.05, 3.63) is 59.2 Å². The van der Waals surface area contributed by atoms with E-state index in [9.17, 15) is 5.11 Å². The van der Waals surface area contributed by atoms with Crippen molar-refractivity contribution < 1.29 is 5.11 Å². The molecule has 0 aliphatic rings. The van der Waals surface area contributed by atoms with Crippen molar-refractivity contribution in [2.24, 2.45) is 0 Å². The van der Waals surface area contributed by atoms with Crippen molar-refractivity contribution in [2.45, 2.75) is 20.0 Å². The van der Waals surface area contributed by atoms with Crippen LogP contribution in [0, 0.1) is 13.8 Å². The summed E-state index contributed by atoms with van der Waals surface area (Å²) in [5.41, 5.74) is 3.29. The van der Waals surface area contributed by atoms with Gasteiger partial charge in [-0.2, -0.15) is 0 Å². The molecule has 0 radical (unpaired) electrons. The second-order valence-corrected chi connectivity index (χ2v) is 3.81. The minimum atomic E-state index is -0.748. The zero-order valence-electron chi connectivity index (χ0n) is 9.38. The van der Waals surface area contributed by atoms with Crippen LogP contribution in [0.1, 0.15) is 28.6 Å². The molecule has 2 heterocycles. The topological polar surface area (TPSA) is 46.0 Å². The summed E-state index contributed by atoms with van der Waals surface area (Å²) in [4.78, 5) is 8.41. The first-order chi connectivity index (χ1) is 7.70. The second-order valence-electron chi connectivity index (χ2n) is 3.81. The summed E-state index contributed by atoms with van der Waals surface area (Å²) in [7, 11) is 0. The number of aliphatic hydroxyl groups is 1. The molecule has 0 spiro atoms. The fourth-order valence-electron chi connectivity index (χ4n) is 1.70. The first kappa shape index (κ1) is 10.8. The molecule has 0 saturated carbocycles. The summed E-state index contributed by atoms with van der Waals surface area (Å²) in [6.45, 7) is 3.87. The van der Waals surface area contributed by atoms with Crippen LogP contribution in [0.15, 0.2) is 36.7 Å². The predicted octanol–water partition coefficient (Wildman–Crippen LogP) is 2.18. The fourth-order valence-corrected chi connectivity index (χ4v) is 1.70. The van der Waals surface area contributed by atoms with Gasteiger partial charge in [-0.15, -0.1) is 0 Å². The van der Waals surface area contributed by atoms with E-state index in [4.69, 9.17) is 0 Å². The maximum absolute atomic E-state index is 10.2. The van der Waals surface area contributed by atoms with Crippen LogP contribution in [0.2, 0.25) is 0 Å². The second kappa shape index (κ2) is 4.41. The monoisotopic (exact) mass is 214 g/mol. The Hall–Kier alpha value is -1.74. The molecule has 3 heteroatoms. The summed E-state index contributed by atoms with van der Waals surface area (Å²) in [5, 5.41) is 10.2. The Balaban J connectivity index is 2.44. The number of nitrogens with zero attached hydrogens (tertiary/aromatic N) is 2. The minimum Gasteiger partial charge on any atom is -0.380 e. The maximum Gasteiger partial charge on any atom is 0.138 e. The van der Waals surface area contributed by atoms with Crippen molar-refractivity contribution in [3.63, 3.8) is 0 Å². The van der Waals surface area contributed by atoms with Crippen LogP contribution in [0.5, 0.6) is 0 Å². The number of aliphatic hydroxyl groups excluding tert-OH is 1. The van der Waals surface area contributed by atoms with Gasteiger partial charge in [-0.05, 0) is 37.1 Å². The van der Waals surface area contributed by atoms with Crippen molar-refractivity contribution >= 4 is 0 Å². The van der Waals surface area contributed by atoms with Crippen LogP contribution >= 0.6 is 0 Å². The molecule has 3 nitrogen and oxygen atoms in total. The zero-order valence-corrected chi connectivity index (χ0v) is 9.38. The van der Waals surface area contributed by atoms with E-state index in [1.54, 1.807) is 12.4 Å². The van der Waals surface area contributed by atoms with Crippen LogP contribution in [0.25, 0.3) is 0 Å². The number of aromatic nitrogens is 2. The number of hydrogen-bond acceptors (Lipinski definition) is 3. The van der Waals surface area contributed by atoms with E-state index in [1.807, 2.05) is 38.1 Å². The van der Waals surface area contributed by atoms with E-state index in [-0.39, 0.29) is 0 Å². The Morgan fingerprint density at radius 2 is 1.38 bits per heavy atom. The van der Waals surface area contributed by atoms with Crippen LogP contribution < -0.4 is 0 Å². The van der Waals surface area contributed by atoms with Crippen molar-refractivity contribution in [1.29, 1.82) is 0 Å². The smallest absolute Gasteiger partial charge is 0.138 e. The van der Waals surface area contributed by atoms with E-state index in [2.05, 4.69) is 9.97 Å². The van der Waals surface area contributed by atoms with E-state index < -0.39 is 6.10 Å². The third-order valence-corrected chi connectivity index (χ3v) is 2.62. The van der Waals surface area contributed by atoms with Gasteiger partial charge in [0.25, 0.3) is 0 Å². The number of hydrogen-bond donors (Lipinski definition) is 1. The van der Waals surface area contributed by atoms with Crippen LogP contribution in [-0.4, -0.2) is 15.1 Å². The quantitative estimate of drug-likeness (QED) is 0.833. The molecule has 0 saturated heterocycles. The highest BCUT2D eigenvalue weighted by Crippen LogP contribution is 2.22. The zero-order chi connectivity index (χ0) is 11.5. The molecule has 0 amide bonds. The summed E-state index contributed by atoms with van der Waals surface area (Å²) in [6, 6.07) is 7.58.